The average molecular weight is 381 g/mol. The van der Waals surface area contributed by atoms with Crippen LogP contribution >= 0.6 is 0 Å². The zero-order chi connectivity index (χ0) is 20.0. The summed E-state index contributed by atoms with van der Waals surface area (Å²) >= 11 is 0. The third-order valence-corrected chi connectivity index (χ3v) is 5.97. The molecule has 1 aliphatic carbocycles. The Balaban J connectivity index is 1.69. The lowest BCUT2D eigenvalue weighted by molar-refractivity contribution is 0.0736. The van der Waals surface area contributed by atoms with Gasteiger partial charge in [0.1, 0.15) is 5.69 Å². The highest BCUT2D eigenvalue weighted by Gasteiger charge is 2.34. The molecule has 0 radical (unpaired) electrons. The number of carbonyl (C=O) groups excluding carboxylic acids is 1. The quantitative estimate of drug-likeness (QED) is 0.739. The van der Waals surface area contributed by atoms with Crippen LogP contribution in [-0.4, -0.2) is 40.0 Å². The predicted molar refractivity (Wildman–Crippen MR) is 114 cm³/mol. The van der Waals surface area contributed by atoms with Crippen molar-refractivity contribution >= 4 is 17.5 Å². The van der Waals surface area contributed by atoms with E-state index in [2.05, 4.69) is 54.2 Å². The van der Waals surface area contributed by atoms with E-state index in [9.17, 15) is 4.79 Å². The maximum atomic E-state index is 13.4. The normalized spacial score (nSPS) is 15.8. The van der Waals surface area contributed by atoms with Crippen molar-refractivity contribution in [2.45, 2.75) is 60.4 Å². The molecule has 1 amide bonds. The number of aryl methyl sites for hydroxylation is 4. The Bertz CT molecular complexity index is 887. The van der Waals surface area contributed by atoms with Crippen LogP contribution in [0.2, 0.25) is 0 Å². The Labute approximate surface area is 168 Å². The molecule has 150 valence electrons. The highest BCUT2D eigenvalue weighted by atomic mass is 16.2. The van der Waals surface area contributed by atoms with Gasteiger partial charge in [-0.25, -0.2) is 4.98 Å². The van der Waals surface area contributed by atoms with Crippen molar-refractivity contribution in [2.24, 2.45) is 5.92 Å². The Morgan fingerprint density at radius 2 is 1.82 bits per heavy atom. The highest BCUT2D eigenvalue weighted by molar-refractivity contribution is 5.95. The molecule has 2 aromatic rings. The third-order valence-electron chi connectivity index (χ3n) is 5.97. The van der Waals surface area contributed by atoms with Crippen LogP contribution in [0, 0.1) is 33.6 Å². The summed E-state index contributed by atoms with van der Waals surface area (Å²) in [5, 5.41) is 0. The molecule has 0 bridgehead atoms. The standard InChI is InChI=1S/C23H32N4O/c1-6-9-25(14-19-7-8-19)22(28)21-18(5)24-23-26(10-11-27(21)23)20-16(3)12-15(2)13-17(20)4/h12-13,19H,6-11,14H2,1-5H3. The Morgan fingerprint density at radius 3 is 2.43 bits per heavy atom. The molecule has 0 unspecified atom stereocenters. The lowest BCUT2D eigenvalue weighted by Gasteiger charge is -2.22. The first-order valence-electron chi connectivity index (χ1n) is 10.6. The van der Waals surface area contributed by atoms with Gasteiger partial charge >= 0.3 is 0 Å². The molecule has 0 atom stereocenters. The number of carbonyl (C=O) groups is 1. The van der Waals surface area contributed by atoms with Gasteiger partial charge < -0.3 is 14.4 Å². The molecule has 5 nitrogen and oxygen atoms in total. The molecule has 28 heavy (non-hydrogen) atoms. The van der Waals surface area contributed by atoms with Crippen LogP contribution in [0.25, 0.3) is 0 Å². The molecule has 1 aliphatic heterocycles. The van der Waals surface area contributed by atoms with Gasteiger partial charge in [0, 0.05) is 31.9 Å². The van der Waals surface area contributed by atoms with Crippen LogP contribution < -0.4 is 4.90 Å². The van der Waals surface area contributed by atoms with Crippen LogP contribution in [0.4, 0.5) is 11.6 Å². The van der Waals surface area contributed by atoms with E-state index < -0.39 is 0 Å². The first-order valence-corrected chi connectivity index (χ1v) is 10.6. The van der Waals surface area contributed by atoms with Crippen molar-refractivity contribution in [1.82, 2.24) is 14.5 Å². The lowest BCUT2D eigenvalue weighted by Crippen LogP contribution is -2.35. The van der Waals surface area contributed by atoms with Crippen LogP contribution in [0.3, 0.4) is 0 Å². The van der Waals surface area contributed by atoms with E-state index in [0.29, 0.717) is 5.92 Å². The monoisotopic (exact) mass is 380 g/mol. The fourth-order valence-corrected chi connectivity index (χ4v) is 4.66. The summed E-state index contributed by atoms with van der Waals surface area (Å²) < 4.78 is 2.14. The van der Waals surface area contributed by atoms with Crippen molar-refractivity contribution < 1.29 is 4.79 Å². The van der Waals surface area contributed by atoms with Gasteiger partial charge in [0.2, 0.25) is 5.95 Å². The van der Waals surface area contributed by atoms with Crippen LogP contribution in [0.5, 0.6) is 0 Å². The number of fused-ring (bicyclic) bond motifs is 1. The van der Waals surface area contributed by atoms with Crippen molar-refractivity contribution in [3.8, 4) is 0 Å². The predicted octanol–water partition coefficient (Wildman–Crippen LogP) is 4.53. The third kappa shape index (κ3) is 3.31. The molecule has 2 heterocycles. The van der Waals surface area contributed by atoms with E-state index in [4.69, 9.17) is 4.98 Å². The van der Waals surface area contributed by atoms with E-state index in [-0.39, 0.29) is 5.91 Å². The number of rotatable bonds is 6. The Hall–Kier alpha value is -2.30. The van der Waals surface area contributed by atoms with Gasteiger partial charge in [0.25, 0.3) is 5.91 Å². The maximum absolute atomic E-state index is 13.4. The maximum Gasteiger partial charge on any atom is 0.272 e. The Morgan fingerprint density at radius 1 is 1.14 bits per heavy atom. The fourth-order valence-electron chi connectivity index (χ4n) is 4.66. The summed E-state index contributed by atoms with van der Waals surface area (Å²) in [5.41, 5.74) is 6.68. The lowest BCUT2D eigenvalue weighted by atomic mass is 10.0. The Kier molecular flexibility index (Phi) is 4.94. The topological polar surface area (TPSA) is 41.4 Å². The van der Waals surface area contributed by atoms with E-state index in [1.165, 1.54) is 35.2 Å². The molecule has 1 saturated carbocycles. The molecule has 4 rings (SSSR count). The van der Waals surface area contributed by atoms with Crippen molar-refractivity contribution in [1.29, 1.82) is 0 Å². The van der Waals surface area contributed by atoms with E-state index in [1.807, 2.05) is 6.92 Å². The van der Waals surface area contributed by atoms with Crippen LogP contribution in [0.15, 0.2) is 12.1 Å². The minimum Gasteiger partial charge on any atom is -0.337 e. The van der Waals surface area contributed by atoms with Gasteiger partial charge in [-0.3, -0.25) is 4.79 Å². The highest BCUT2D eigenvalue weighted by Crippen LogP contribution is 2.37. The summed E-state index contributed by atoms with van der Waals surface area (Å²) in [6.07, 6.45) is 3.51. The van der Waals surface area contributed by atoms with Crippen molar-refractivity contribution in [3.05, 3.63) is 40.2 Å². The number of aromatic nitrogens is 2. The van der Waals surface area contributed by atoms with Crippen LogP contribution in [-0.2, 0) is 6.54 Å². The number of hydrogen-bond donors (Lipinski definition) is 0. The number of nitrogens with zero attached hydrogens (tertiary/aromatic N) is 4. The molecule has 5 heteroatoms. The van der Waals surface area contributed by atoms with Gasteiger partial charge in [-0.15, -0.1) is 0 Å². The number of amides is 1. The molecule has 0 saturated heterocycles. The van der Waals surface area contributed by atoms with Gasteiger partial charge in [-0.1, -0.05) is 24.6 Å². The van der Waals surface area contributed by atoms with Crippen molar-refractivity contribution in [3.63, 3.8) is 0 Å². The molecule has 0 N–H and O–H groups in total. The average Bonchev–Trinajstić information content (AvgIpc) is 3.27. The minimum absolute atomic E-state index is 0.157. The summed E-state index contributed by atoms with van der Waals surface area (Å²) in [6.45, 7) is 14.0. The summed E-state index contributed by atoms with van der Waals surface area (Å²) in [6, 6.07) is 4.46. The zero-order valence-corrected chi connectivity index (χ0v) is 17.9. The number of imidazole rings is 1. The first-order chi connectivity index (χ1) is 13.4. The molecular formula is C23H32N4O. The van der Waals surface area contributed by atoms with Gasteiger partial charge in [-0.2, -0.15) is 0 Å². The van der Waals surface area contributed by atoms with E-state index in [0.717, 1.165) is 49.9 Å². The van der Waals surface area contributed by atoms with Crippen LogP contribution in [0.1, 0.15) is 59.1 Å². The minimum atomic E-state index is 0.157. The number of anilines is 2. The van der Waals surface area contributed by atoms with Gasteiger partial charge in [0.05, 0.1) is 5.69 Å². The molecular weight excluding hydrogens is 348 g/mol. The summed E-state index contributed by atoms with van der Waals surface area (Å²) in [5.74, 6) is 1.77. The molecule has 1 fully saturated rings. The first kappa shape index (κ1) is 19.0. The van der Waals surface area contributed by atoms with E-state index >= 15 is 0 Å². The molecule has 1 aromatic carbocycles. The zero-order valence-electron chi connectivity index (χ0n) is 17.9. The second kappa shape index (κ2) is 7.26. The van der Waals surface area contributed by atoms with Gasteiger partial charge in [-0.05, 0) is 64.0 Å². The molecule has 0 spiro atoms. The smallest absolute Gasteiger partial charge is 0.272 e. The second-order valence-electron chi connectivity index (χ2n) is 8.59. The summed E-state index contributed by atoms with van der Waals surface area (Å²) in [7, 11) is 0. The molecule has 2 aliphatic rings. The van der Waals surface area contributed by atoms with E-state index in [1.54, 1.807) is 0 Å². The second-order valence-corrected chi connectivity index (χ2v) is 8.59. The van der Waals surface area contributed by atoms with Gasteiger partial charge in [0.15, 0.2) is 0 Å². The fraction of sp³-hybridized carbons (Fsp3) is 0.565. The summed E-state index contributed by atoms with van der Waals surface area (Å²) in [4.78, 5) is 22.6. The van der Waals surface area contributed by atoms with Crippen molar-refractivity contribution in [2.75, 3.05) is 24.5 Å². The molecule has 1 aromatic heterocycles. The SMILES string of the molecule is CCCN(CC1CC1)C(=O)c1c(C)nc2n1CCN2c1c(C)cc(C)cc1C. The number of hydrogen-bond acceptors (Lipinski definition) is 3. The largest absolute Gasteiger partial charge is 0.337 e. The number of benzene rings is 1.